The molecule has 0 aromatic carbocycles. The number of nitrogens with one attached hydrogen (secondary N) is 2. The fraction of sp³-hybridized carbons (Fsp3) is 0.706. The molecule has 0 aliphatic carbocycles. The van der Waals surface area contributed by atoms with Gasteiger partial charge in [-0.05, 0) is 27.2 Å². The Labute approximate surface area is 166 Å². The van der Waals surface area contributed by atoms with Gasteiger partial charge in [0.25, 0.3) is 0 Å². The van der Waals surface area contributed by atoms with Gasteiger partial charge in [0.05, 0.1) is 6.04 Å². The quantitative estimate of drug-likeness (QED) is 0.618. The Kier molecular flexibility index (Phi) is 11.1. The van der Waals surface area contributed by atoms with E-state index in [0.29, 0.717) is 0 Å². The van der Waals surface area contributed by atoms with E-state index in [-0.39, 0.29) is 5.01 Å². The van der Waals surface area contributed by atoms with Gasteiger partial charge in [0, 0.05) is 18.0 Å². The standard InChI is InChI=1S/C15H22F3N3O4S.C2H6/c1-14(2,3)25-13(24)20-8-10(22)21-9(4-5-15(16,17)18)11(23)12-19-6-7-26-12;1-2/h6-7,9,11,23H,4-5,8H2,1-3H3,(H,20,24)(H,21,22);1-2H3. The van der Waals surface area contributed by atoms with Crippen molar-refractivity contribution in [3.63, 3.8) is 0 Å². The van der Waals surface area contributed by atoms with E-state index in [0.717, 1.165) is 11.3 Å². The number of carbonyl (C=O) groups excluding carboxylic acids is 2. The average molecular weight is 427 g/mol. The molecule has 0 fully saturated rings. The number of hydrogen-bond donors (Lipinski definition) is 3. The van der Waals surface area contributed by atoms with Crippen molar-refractivity contribution in [1.29, 1.82) is 0 Å². The van der Waals surface area contributed by atoms with Crippen LogP contribution in [0.5, 0.6) is 0 Å². The number of halogens is 3. The zero-order chi connectivity index (χ0) is 22.0. The van der Waals surface area contributed by atoms with Crippen molar-refractivity contribution >= 4 is 23.3 Å². The molecular weight excluding hydrogens is 399 g/mol. The molecular formula is C17H28F3N3O4S. The second-order valence-electron chi connectivity index (χ2n) is 6.50. The van der Waals surface area contributed by atoms with E-state index < -0.39 is 55.3 Å². The largest absolute Gasteiger partial charge is 0.444 e. The van der Waals surface area contributed by atoms with Crippen molar-refractivity contribution < 1.29 is 32.6 Å². The molecule has 1 aromatic heterocycles. The van der Waals surface area contributed by atoms with Gasteiger partial charge in [-0.2, -0.15) is 13.2 Å². The summed E-state index contributed by atoms with van der Waals surface area (Å²) < 4.78 is 42.4. The van der Waals surface area contributed by atoms with Crippen molar-refractivity contribution in [3.8, 4) is 0 Å². The van der Waals surface area contributed by atoms with Crippen LogP contribution in [0.2, 0.25) is 0 Å². The highest BCUT2D eigenvalue weighted by Gasteiger charge is 2.32. The maximum absolute atomic E-state index is 12.5. The first-order valence-corrected chi connectivity index (χ1v) is 9.66. The molecule has 2 unspecified atom stereocenters. The Balaban J connectivity index is 0.00000352. The van der Waals surface area contributed by atoms with Crippen molar-refractivity contribution in [2.24, 2.45) is 0 Å². The molecule has 28 heavy (non-hydrogen) atoms. The van der Waals surface area contributed by atoms with Crippen LogP contribution < -0.4 is 10.6 Å². The molecule has 162 valence electrons. The second-order valence-corrected chi connectivity index (χ2v) is 7.42. The summed E-state index contributed by atoms with van der Waals surface area (Å²) in [5, 5.41) is 16.5. The molecule has 1 heterocycles. The van der Waals surface area contributed by atoms with Gasteiger partial charge in [-0.3, -0.25) is 4.79 Å². The van der Waals surface area contributed by atoms with Crippen LogP contribution in [0.3, 0.4) is 0 Å². The molecule has 3 N–H and O–H groups in total. The number of alkyl halides is 3. The summed E-state index contributed by atoms with van der Waals surface area (Å²) in [5.41, 5.74) is -0.753. The van der Waals surface area contributed by atoms with Gasteiger partial charge in [0.15, 0.2) is 0 Å². The molecule has 0 saturated carbocycles. The number of amides is 2. The molecule has 0 bridgehead atoms. The summed E-state index contributed by atoms with van der Waals surface area (Å²) in [5.74, 6) is -0.751. The Morgan fingerprint density at radius 3 is 2.36 bits per heavy atom. The zero-order valence-electron chi connectivity index (χ0n) is 16.6. The molecule has 0 aliphatic heterocycles. The zero-order valence-corrected chi connectivity index (χ0v) is 17.4. The molecule has 1 aromatic rings. The van der Waals surface area contributed by atoms with Crippen LogP contribution in [0.25, 0.3) is 0 Å². The van der Waals surface area contributed by atoms with Crippen molar-refractivity contribution in [2.75, 3.05) is 6.54 Å². The highest BCUT2D eigenvalue weighted by Crippen LogP contribution is 2.27. The molecule has 11 heteroatoms. The van der Waals surface area contributed by atoms with Crippen LogP contribution in [0.15, 0.2) is 11.6 Å². The fourth-order valence-electron chi connectivity index (χ4n) is 1.91. The first-order chi connectivity index (χ1) is 12.9. The number of aliphatic hydroxyl groups is 1. The summed E-state index contributed by atoms with van der Waals surface area (Å²) >= 11 is 1.06. The number of thiazole rings is 1. The van der Waals surface area contributed by atoms with Gasteiger partial charge in [0.1, 0.15) is 23.3 Å². The van der Waals surface area contributed by atoms with Crippen molar-refractivity contribution in [2.45, 2.75) is 71.4 Å². The third-order valence-corrected chi connectivity index (χ3v) is 3.81. The Morgan fingerprint density at radius 2 is 1.89 bits per heavy atom. The van der Waals surface area contributed by atoms with Crippen molar-refractivity contribution in [1.82, 2.24) is 15.6 Å². The van der Waals surface area contributed by atoms with Gasteiger partial charge in [-0.25, -0.2) is 9.78 Å². The number of aromatic nitrogens is 1. The van der Waals surface area contributed by atoms with Crippen LogP contribution in [0, 0.1) is 0 Å². The lowest BCUT2D eigenvalue weighted by Crippen LogP contribution is -2.45. The van der Waals surface area contributed by atoms with Gasteiger partial charge in [0.2, 0.25) is 5.91 Å². The van der Waals surface area contributed by atoms with E-state index in [1.54, 1.807) is 26.2 Å². The highest BCUT2D eigenvalue weighted by molar-refractivity contribution is 7.09. The van der Waals surface area contributed by atoms with Crippen LogP contribution in [-0.4, -0.2) is 46.5 Å². The van der Waals surface area contributed by atoms with Gasteiger partial charge < -0.3 is 20.5 Å². The van der Waals surface area contributed by atoms with Gasteiger partial charge >= 0.3 is 12.3 Å². The number of hydrogen-bond acceptors (Lipinski definition) is 6. The SMILES string of the molecule is CC.CC(C)(C)OC(=O)NCC(=O)NC(CCC(F)(F)F)C(O)c1nccs1. The number of rotatable bonds is 7. The summed E-state index contributed by atoms with van der Waals surface area (Å²) in [6, 6.07) is -1.20. The third kappa shape index (κ3) is 11.8. The highest BCUT2D eigenvalue weighted by atomic mass is 32.1. The van der Waals surface area contributed by atoms with E-state index in [4.69, 9.17) is 4.74 Å². The third-order valence-electron chi connectivity index (χ3n) is 2.96. The molecule has 2 atom stereocenters. The van der Waals surface area contributed by atoms with Gasteiger partial charge in [-0.15, -0.1) is 11.3 Å². The lowest BCUT2D eigenvalue weighted by molar-refractivity contribution is -0.139. The van der Waals surface area contributed by atoms with E-state index in [9.17, 15) is 27.9 Å². The minimum absolute atomic E-state index is 0.192. The molecule has 0 radical (unpaired) electrons. The molecule has 2 amide bonds. The maximum Gasteiger partial charge on any atom is 0.408 e. The smallest absolute Gasteiger partial charge is 0.408 e. The molecule has 0 saturated heterocycles. The Bertz CT molecular complexity index is 589. The Morgan fingerprint density at radius 1 is 1.29 bits per heavy atom. The van der Waals surface area contributed by atoms with E-state index in [2.05, 4.69) is 15.6 Å². The average Bonchev–Trinajstić information content (AvgIpc) is 3.10. The fourth-order valence-corrected chi connectivity index (χ4v) is 2.59. The van der Waals surface area contributed by atoms with E-state index in [1.807, 2.05) is 13.8 Å². The normalized spacial score (nSPS) is 13.6. The molecule has 7 nitrogen and oxygen atoms in total. The van der Waals surface area contributed by atoms with E-state index in [1.165, 1.54) is 6.20 Å². The monoisotopic (exact) mass is 427 g/mol. The van der Waals surface area contributed by atoms with Crippen LogP contribution in [0.1, 0.15) is 58.6 Å². The van der Waals surface area contributed by atoms with Crippen LogP contribution in [0.4, 0.5) is 18.0 Å². The minimum Gasteiger partial charge on any atom is -0.444 e. The molecule has 1 rings (SSSR count). The van der Waals surface area contributed by atoms with E-state index >= 15 is 0 Å². The lowest BCUT2D eigenvalue weighted by atomic mass is 10.1. The summed E-state index contributed by atoms with van der Waals surface area (Å²) in [6.45, 7) is 8.43. The molecule has 0 spiro atoms. The number of carbonyl (C=O) groups is 2. The predicted octanol–water partition coefficient (Wildman–Crippen LogP) is 3.55. The first kappa shape index (κ1) is 26.1. The predicted molar refractivity (Wildman–Crippen MR) is 99.9 cm³/mol. The number of aliphatic hydroxyl groups excluding tert-OH is 1. The Hall–Kier alpha value is -1.88. The number of alkyl carbamates (subject to hydrolysis) is 1. The minimum atomic E-state index is -4.43. The summed E-state index contributed by atoms with van der Waals surface area (Å²) in [7, 11) is 0. The maximum atomic E-state index is 12.5. The summed E-state index contributed by atoms with van der Waals surface area (Å²) in [4.78, 5) is 27.3. The summed E-state index contributed by atoms with van der Waals surface area (Å²) in [6.07, 6.45) is -6.96. The van der Waals surface area contributed by atoms with Crippen LogP contribution in [-0.2, 0) is 9.53 Å². The van der Waals surface area contributed by atoms with Crippen LogP contribution >= 0.6 is 11.3 Å². The second kappa shape index (κ2) is 11.8. The number of nitrogens with zero attached hydrogens (tertiary/aromatic N) is 1. The first-order valence-electron chi connectivity index (χ1n) is 8.78. The topological polar surface area (TPSA) is 101 Å². The lowest BCUT2D eigenvalue weighted by Gasteiger charge is -2.24. The molecule has 0 aliphatic rings. The van der Waals surface area contributed by atoms with Gasteiger partial charge in [-0.1, -0.05) is 13.8 Å². The number of ether oxygens (including phenoxy) is 1. The van der Waals surface area contributed by atoms with Crippen molar-refractivity contribution in [3.05, 3.63) is 16.6 Å².